The molecule has 1 saturated carbocycles. The van der Waals surface area contributed by atoms with Crippen LogP contribution in [0.25, 0.3) is 0 Å². The molecule has 0 saturated heterocycles. The van der Waals surface area contributed by atoms with E-state index < -0.39 is 0 Å². The third kappa shape index (κ3) is 5.40. The van der Waals surface area contributed by atoms with Crippen molar-refractivity contribution in [3.8, 4) is 5.75 Å². The van der Waals surface area contributed by atoms with Crippen molar-refractivity contribution in [2.75, 3.05) is 20.7 Å². The Morgan fingerprint density at radius 3 is 2.83 bits per heavy atom. The Morgan fingerprint density at radius 2 is 2.13 bits per heavy atom. The Kier molecular flexibility index (Phi) is 6.72. The van der Waals surface area contributed by atoms with Crippen molar-refractivity contribution in [3.63, 3.8) is 0 Å². The highest BCUT2D eigenvalue weighted by Crippen LogP contribution is 2.25. The van der Waals surface area contributed by atoms with E-state index in [4.69, 9.17) is 16.3 Å². The molecule has 2 atom stereocenters. The lowest BCUT2D eigenvalue weighted by Crippen LogP contribution is -2.44. The molecule has 0 radical (unpaired) electrons. The molecule has 2 rings (SSSR count). The van der Waals surface area contributed by atoms with E-state index in [1.807, 2.05) is 24.1 Å². The highest BCUT2D eigenvalue weighted by molar-refractivity contribution is 6.30. The molecule has 0 unspecified atom stereocenters. The summed E-state index contributed by atoms with van der Waals surface area (Å²) in [5, 5.41) is 3.86. The lowest BCUT2D eigenvalue weighted by Gasteiger charge is -2.30. The fraction of sp³-hybridized carbons (Fsp3) is 0.611. The van der Waals surface area contributed by atoms with Crippen LogP contribution in [0, 0.1) is 5.92 Å². The van der Waals surface area contributed by atoms with Gasteiger partial charge in [-0.05, 0) is 44.0 Å². The van der Waals surface area contributed by atoms with E-state index in [2.05, 4.69) is 12.2 Å². The van der Waals surface area contributed by atoms with Crippen LogP contribution in [0.15, 0.2) is 18.2 Å². The van der Waals surface area contributed by atoms with Gasteiger partial charge < -0.3 is 10.1 Å². The summed E-state index contributed by atoms with van der Waals surface area (Å²) in [7, 11) is 3.58. The second-order valence-corrected chi connectivity index (χ2v) is 7.00. The van der Waals surface area contributed by atoms with Gasteiger partial charge in [0, 0.05) is 23.2 Å². The summed E-state index contributed by atoms with van der Waals surface area (Å²) in [4.78, 5) is 14.3. The van der Waals surface area contributed by atoms with Gasteiger partial charge >= 0.3 is 0 Å². The topological polar surface area (TPSA) is 41.6 Å². The van der Waals surface area contributed by atoms with Crippen LogP contribution >= 0.6 is 11.6 Å². The molecule has 0 bridgehead atoms. The lowest BCUT2D eigenvalue weighted by atomic mass is 9.86. The van der Waals surface area contributed by atoms with E-state index in [1.165, 1.54) is 19.3 Å². The minimum absolute atomic E-state index is 0.0900. The number of halogens is 1. The van der Waals surface area contributed by atoms with Gasteiger partial charge in [-0.3, -0.25) is 9.69 Å². The van der Waals surface area contributed by atoms with Crippen molar-refractivity contribution >= 4 is 17.5 Å². The number of carbonyl (C=O) groups is 1. The number of hydrogen-bond donors (Lipinski definition) is 1. The van der Waals surface area contributed by atoms with Crippen molar-refractivity contribution in [3.05, 3.63) is 28.8 Å². The fourth-order valence-electron chi connectivity index (χ4n) is 3.25. The molecule has 1 aromatic carbocycles. The number of amides is 1. The van der Waals surface area contributed by atoms with Crippen molar-refractivity contribution in [2.24, 2.45) is 5.92 Å². The van der Waals surface area contributed by atoms with Crippen LogP contribution in [0.3, 0.4) is 0 Å². The number of likely N-dealkylation sites (N-methyl/N-ethyl adjacent to an activating group) is 1. The van der Waals surface area contributed by atoms with Crippen molar-refractivity contribution < 1.29 is 9.53 Å². The molecule has 0 aromatic heterocycles. The number of ether oxygens (including phenoxy) is 1. The van der Waals surface area contributed by atoms with Crippen molar-refractivity contribution in [1.82, 2.24) is 10.2 Å². The van der Waals surface area contributed by atoms with Crippen LogP contribution < -0.4 is 10.1 Å². The molecule has 0 aliphatic heterocycles. The monoisotopic (exact) mass is 338 g/mol. The van der Waals surface area contributed by atoms with Crippen LogP contribution in [-0.2, 0) is 11.3 Å². The Morgan fingerprint density at radius 1 is 1.39 bits per heavy atom. The van der Waals surface area contributed by atoms with E-state index in [1.54, 1.807) is 13.2 Å². The van der Waals surface area contributed by atoms with Gasteiger partial charge in [0.15, 0.2) is 0 Å². The first-order valence-electron chi connectivity index (χ1n) is 8.30. The van der Waals surface area contributed by atoms with Gasteiger partial charge in [0.2, 0.25) is 5.91 Å². The zero-order chi connectivity index (χ0) is 16.8. The van der Waals surface area contributed by atoms with Crippen molar-refractivity contribution in [2.45, 2.75) is 45.2 Å². The summed E-state index contributed by atoms with van der Waals surface area (Å²) in [5.41, 5.74) is 0.987. The molecule has 5 heteroatoms. The summed E-state index contributed by atoms with van der Waals surface area (Å²) in [6, 6.07) is 5.87. The molecule has 1 N–H and O–H groups in total. The highest BCUT2D eigenvalue weighted by Gasteiger charge is 2.23. The zero-order valence-corrected chi connectivity index (χ0v) is 15.0. The lowest BCUT2D eigenvalue weighted by molar-refractivity contribution is -0.123. The van der Waals surface area contributed by atoms with Gasteiger partial charge in [-0.15, -0.1) is 0 Å². The third-order valence-electron chi connectivity index (χ3n) is 4.55. The van der Waals surface area contributed by atoms with E-state index in [0.717, 1.165) is 17.7 Å². The minimum atomic E-state index is 0.0900. The Bertz CT molecular complexity index is 536. The SMILES string of the molecule is COc1ccc(Cl)cc1CN(C)CC(=O)N[C@H]1CCCC[C@H]1C. The van der Waals surface area contributed by atoms with Crippen LogP contribution in [0.5, 0.6) is 5.75 Å². The molecule has 0 spiro atoms. The number of methoxy groups -OCH3 is 1. The summed E-state index contributed by atoms with van der Waals surface area (Å²) in [6.45, 7) is 3.22. The van der Waals surface area contributed by atoms with Gasteiger partial charge in [0.1, 0.15) is 5.75 Å². The van der Waals surface area contributed by atoms with Crippen molar-refractivity contribution in [1.29, 1.82) is 0 Å². The van der Waals surface area contributed by atoms with Crippen LogP contribution in [0.2, 0.25) is 5.02 Å². The third-order valence-corrected chi connectivity index (χ3v) is 4.79. The van der Waals surface area contributed by atoms with Crippen LogP contribution in [0.4, 0.5) is 0 Å². The normalized spacial score (nSPS) is 21.3. The standard InChI is InChI=1S/C18H27ClN2O2/c1-13-6-4-5-7-16(13)20-18(22)12-21(2)11-14-10-15(19)8-9-17(14)23-3/h8-10,13,16H,4-7,11-12H2,1-3H3,(H,20,22)/t13-,16+/m1/s1. The van der Waals surface area contributed by atoms with E-state index in [-0.39, 0.29) is 5.91 Å². The predicted molar refractivity (Wildman–Crippen MR) is 93.9 cm³/mol. The molecule has 0 heterocycles. The van der Waals surface area contributed by atoms with E-state index in [9.17, 15) is 4.79 Å². The molecular weight excluding hydrogens is 312 g/mol. The quantitative estimate of drug-likeness (QED) is 0.863. The number of hydrogen-bond acceptors (Lipinski definition) is 3. The summed E-state index contributed by atoms with van der Waals surface area (Å²) < 4.78 is 5.36. The number of nitrogens with one attached hydrogen (secondary N) is 1. The Hall–Kier alpha value is -1.26. The maximum absolute atomic E-state index is 12.3. The first-order chi connectivity index (χ1) is 11.0. The van der Waals surface area contributed by atoms with Crippen LogP contribution in [-0.4, -0.2) is 37.6 Å². The smallest absolute Gasteiger partial charge is 0.234 e. The molecule has 1 amide bonds. The molecule has 1 fully saturated rings. The maximum Gasteiger partial charge on any atom is 0.234 e. The van der Waals surface area contributed by atoms with Gasteiger partial charge in [-0.25, -0.2) is 0 Å². The molecule has 4 nitrogen and oxygen atoms in total. The second kappa shape index (κ2) is 8.55. The number of nitrogens with zero attached hydrogens (tertiary/aromatic N) is 1. The van der Waals surface area contributed by atoms with Gasteiger partial charge in [-0.2, -0.15) is 0 Å². The van der Waals surface area contributed by atoms with Gasteiger partial charge in [-0.1, -0.05) is 31.4 Å². The van der Waals surface area contributed by atoms with Crippen LogP contribution in [0.1, 0.15) is 38.2 Å². The maximum atomic E-state index is 12.3. The van der Waals surface area contributed by atoms with E-state index >= 15 is 0 Å². The minimum Gasteiger partial charge on any atom is -0.496 e. The molecule has 1 aliphatic carbocycles. The summed E-state index contributed by atoms with van der Waals surface area (Å²) in [6.07, 6.45) is 4.80. The Balaban J connectivity index is 1.87. The average Bonchev–Trinajstić information content (AvgIpc) is 2.49. The molecular formula is C18H27ClN2O2. The number of carbonyl (C=O) groups excluding carboxylic acids is 1. The van der Waals surface area contributed by atoms with Gasteiger partial charge in [0.25, 0.3) is 0 Å². The average molecular weight is 339 g/mol. The molecule has 1 aromatic rings. The largest absolute Gasteiger partial charge is 0.496 e. The predicted octanol–water partition coefficient (Wildman–Crippen LogP) is 3.48. The molecule has 23 heavy (non-hydrogen) atoms. The second-order valence-electron chi connectivity index (χ2n) is 6.56. The van der Waals surface area contributed by atoms with Gasteiger partial charge in [0.05, 0.1) is 13.7 Å². The Labute approximate surface area is 144 Å². The summed E-state index contributed by atoms with van der Waals surface area (Å²) >= 11 is 6.05. The molecule has 1 aliphatic rings. The number of rotatable bonds is 6. The zero-order valence-electron chi connectivity index (χ0n) is 14.3. The first kappa shape index (κ1) is 18.1. The number of benzene rings is 1. The fourth-order valence-corrected chi connectivity index (χ4v) is 3.44. The summed E-state index contributed by atoms with van der Waals surface area (Å²) in [5.74, 6) is 1.46. The first-order valence-corrected chi connectivity index (χ1v) is 8.67. The highest BCUT2D eigenvalue weighted by atomic mass is 35.5. The molecule has 128 valence electrons. The van der Waals surface area contributed by atoms with E-state index in [0.29, 0.717) is 30.1 Å².